The summed E-state index contributed by atoms with van der Waals surface area (Å²) in [5, 5.41) is 9.65. The lowest BCUT2D eigenvalue weighted by Gasteiger charge is -2.37. The lowest BCUT2D eigenvalue weighted by Crippen LogP contribution is -2.49. The molecule has 2 aliphatic heterocycles. The van der Waals surface area contributed by atoms with Crippen LogP contribution < -0.4 is 0 Å². The van der Waals surface area contributed by atoms with Crippen LogP contribution in [-0.4, -0.2) is 57.9 Å². The van der Waals surface area contributed by atoms with Gasteiger partial charge in [-0.3, -0.25) is 19.3 Å². The van der Waals surface area contributed by atoms with Gasteiger partial charge in [0, 0.05) is 25.4 Å². The van der Waals surface area contributed by atoms with Crippen LogP contribution in [0.1, 0.15) is 56.1 Å². The maximum absolute atomic E-state index is 13.5. The van der Waals surface area contributed by atoms with Crippen molar-refractivity contribution in [2.75, 3.05) is 13.2 Å². The van der Waals surface area contributed by atoms with Crippen molar-refractivity contribution >= 4 is 17.7 Å². The summed E-state index contributed by atoms with van der Waals surface area (Å²) in [7, 11) is 0. The molecule has 3 amide bonds. The first-order chi connectivity index (χ1) is 14.7. The van der Waals surface area contributed by atoms with Crippen LogP contribution in [0.4, 0.5) is 13.2 Å². The minimum absolute atomic E-state index is 0.0368. The van der Waals surface area contributed by atoms with Crippen LogP contribution in [-0.2, 0) is 26.0 Å². The molecule has 0 spiro atoms. The molecule has 1 saturated carbocycles. The molecule has 0 radical (unpaired) electrons. The van der Waals surface area contributed by atoms with Gasteiger partial charge >= 0.3 is 6.18 Å². The largest absolute Gasteiger partial charge is 0.416 e. The lowest BCUT2D eigenvalue weighted by atomic mass is 9.75. The second-order valence-electron chi connectivity index (χ2n) is 8.73. The van der Waals surface area contributed by atoms with Gasteiger partial charge in [0.2, 0.25) is 17.7 Å². The number of alkyl halides is 3. The van der Waals surface area contributed by atoms with Crippen LogP contribution in [0.5, 0.6) is 0 Å². The van der Waals surface area contributed by atoms with E-state index < -0.39 is 41.3 Å². The first-order valence-electron chi connectivity index (χ1n) is 10.6. The average Bonchev–Trinajstić information content (AvgIpc) is 3.53. The molecular formula is C22H25F3N2O4. The summed E-state index contributed by atoms with van der Waals surface area (Å²) in [5.41, 5.74) is -2.54. The van der Waals surface area contributed by atoms with Gasteiger partial charge in [0.25, 0.3) is 0 Å². The third-order valence-corrected chi connectivity index (χ3v) is 6.62. The number of amides is 3. The molecule has 2 saturated heterocycles. The number of aliphatic hydroxyl groups is 1. The number of nitrogens with zero attached hydrogens (tertiary/aromatic N) is 2. The summed E-state index contributed by atoms with van der Waals surface area (Å²) in [6.45, 7) is 0.195. The van der Waals surface area contributed by atoms with E-state index in [1.54, 1.807) is 0 Å². The van der Waals surface area contributed by atoms with Crippen molar-refractivity contribution in [1.29, 1.82) is 0 Å². The number of benzene rings is 1. The summed E-state index contributed by atoms with van der Waals surface area (Å²) in [4.78, 5) is 42.1. The topological polar surface area (TPSA) is 77.9 Å². The van der Waals surface area contributed by atoms with E-state index in [2.05, 4.69) is 0 Å². The standard InChI is InChI=1S/C22H25F3N2O4/c23-22(24,25)15-5-3-4-14(10-15)21(12-19(30)27(20(21)31)16-7-8-16)11-18(29)26-9-2-1-6-17(26)13-28/h3-5,10,16-17,28H,1-2,6-9,11-13H2/t17-,21-/m1/s1. The van der Waals surface area contributed by atoms with Crippen molar-refractivity contribution in [3.8, 4) is 0 Å². The van der Waals surface area contributed by atoms with Gasteiger partial charge in [0.05, 0.1) is 23.6 Å². The highest BCUT2D eigenvalue weighted by molar-refractivity contribution is 6.11. The number of hydrogen-bond acceptors (Lipinski definition) is 4. The van der Waals surface area contributed by atoms with E-state index in [4.69, 9.17) is 0 Å². The van der Waals surface area contributed by atoms with Gasteiger partial charge in [0.15, 0.2) is 0 Å². The minimum Gasteiger partial charge on any atom is -0.394 e. The predicted molar refractivity (Wildman–Crippen MR) is 104 cm³/mol. The quantitative estimate of drug-likeness (QED) is 0.717. The molecule has 1 aromatic rings. The Labute approximate surface area is 178 Å². The molecule has 0 aromatic heterocycles. The van der Waals surface area contributed by atoms with E-state index in [0.717, 1.165) is 29.9 Å². The van der Waals surface area contributed by atoms with Crippen molar-refractivity contribution in [1.82, 2.24) is 9.80 Å². The van der Waals surface area contributed by atoms with Crippen molar-refractivity contribution in [2.45, 2.75) is 68.6 Å². The number of hydrogen-bond donors (Lipinski definition) is 1. The zero-order chi connectivity index (χ0) is 22.4. The fourth-order valence-corrected chi connectivity index (χ4v) is 4.80. The Morgan fingerprint density at radius 3 is 2.55 bits per heavy atom. The molecule has 168 valence electrons. The fraction of sp³-hybridized carbons (Fsp3) is 0.591. The van der Waals surface area contributed by atoms with Gasteiger partial charge in [0.1, 0.15) is 0 Å². The number of halogens is 3. The van der Waals surface area contributed by atoms with Crippen molar-refractivity contribution in [2.24, 2.45) is 0 Å². The van der Waals surface area contributed by atoms with E-state index in [-0.39, 0.29) is 30.7 Å². The molecular weight excluding hydrogens is 413 g/mol. The Bertz CT molecular complexity index is 899. The fourth-order valence-electron chi connectivity index (χ4n) is 4.80. The molecule has 1 aliphatic carbocycles. The van der Waals surface area contributed by atoms with Crippen molar-refractivity contribution in [3.05, 3.63) is 35.4 Å². The molecule has 6 nitrogen and oxygen atoms in total. The molecule has 9 heteroatoms. The summed E-state index contributed by atoms with van der Waals surface area (Å²) in [6, 6.07) is 3.78. The number of aliphatic hydroxyl groups excluding tert-OH is 1. The number of imide groups is 1. The number of likely N-dealkylation sites (tertiary alicyclic amines) is 2. The van der Waals surface area contributed by atoms with Crippen molar-refractivity contribution < 1.29 is 32.7 Å². The van der Waals surface area contributed by atoms with Crippen LogP contribution in [0.15, 0.2) is 24.3 Å². The van der Waals surface area contributed by atoms with Gasteiger partial charge in [-0.2, -0.15) is 13.2 Å². The molecule has 1 N–H and O–H groups in total. The second kappa shape index (κ2) is 7.93. The van der Waals surface area contributed by atoms with E-state index in [1.807, 2.05) is 0 Å². The van der Waals surface area contributed by atoms with Gasteiger partial charge in [-0.15, -0.1) is 0 Å². The molecule has 31 heavy (non-hydrogen) atoms. The number of rotatable bonds is 5. The summed E-state index contributed by atoms with van der Waals surface area (Å²) in [6.07, 6.45) is -1.75. The highest BCUT2D eigenvalue weighted by Gasteiger charge is 2.57. The molecule has 0 bridgehead atoms. The van der Waals surface area contributed by atoms with Crippen LogP contribution in [0.25, 0.3) is 0 Å². The Balaban J connectivity index is 1.73. The average molecular weight is 438 g/mol. The first kappa shape index (κ1) is 21.8. The Morgan fingerprint density at radius 2 is 1.90 bits per heavy atom. The minimum atomic E-state index is -4.61. The molecule has 2 heterocycles. The molecule has 1 aromatic carbocycles. The maximum Gasteiger partial charge on any atom is 0.416 e. The second-order valence-corrected chi connectivity index (χ2v) is 8.73. The SMILES string of the molecule is O=C1C[C@](CC(=O)N2CCCC[C@@H]2CO)(c2cccc(C(F)(F)F)c2)C(=O)N1C1CC1. The highest BCUT2D eigenvalue weighted by atomic mass is 19.4. The monoisotopic (exact) mass is 438 g/mol. The highest BCUT2D eigenvalue weighted by Crippen LogP contribution is 2.45. The van der Waals surface area contributed by atoms with Crippen LogP contribution in [0.3, 0.4) is 0 Å². The smallest absolute Gasteiger partial charge is 0.394 e. The third-order valence-electron chi connectivity index (χ3n) is 6.62. The molecule has 4 rings (SSSR count). The van der Waals surface area contributed by atoms with Gasteiger partial charge in [-0.05, 0) is 43.7 Å². The van der Waals surface area contributed by atoms with E-state index in [0.29, 0.717) is 25.8 Å². The molecule has 0 unspecified atom stereocenters. The Hall–Kier alpha value is -2.42. The normalized spacial score (nSPS) is 27.2. The summed E-state index contributed by atoms with van der Waals surface area (Å²) >= 11 is 0. The van der Waals surface area contributed by atoms with Gasteiger partial charge in [-0.1, -0.05) is 18.2 Å². The molecule has 3 fully saturated rings. The van der Waals surface area contributed by atoms with E-state index in [1.165, 1.54) is 17.0 Å². The summed E-state index contributed by atoms with van der Waals surface area (Å²) < 4.78 is 40.1. The molecule has 2 atom stereocenters. The van der Waals surface area contributed by atoms with Crippen LogP contribution >= 0.6 is 0 Å². The first-order valence-corrected chi connectivity index (χ1v) is 10.6. The van der Waals surface area contributed by atoms with Gasteiger partial charge in [-0.25, -0.2) is 0 Å². The number of carbonyl (C=O) groups is 3. The predicted octanol–water partition coefficient (Wildman–Crippen LogP) is 2.63. The zero-order valence-electron chi connectivity index (χ0n) is 17.0. The molecule has 3 aliphatic rings. The lowest BCUT2D eigenvalue weighted by molar-refractivity contribution is -0.144. The maximum atomic E-state index is 13.5. The third kappa shape index (κ3) is 3.95. The number of carbonyl (C=O) groups excluding carboxylic acids is 3. The van der Waals surface area contributed by atoms with Gasteiger partial charge < -0.3 is 10.0 Å². The van der Waals surface area contributed by atoms with Crippen molar-refractivity contribution in [3.63, 3.8) is 0 Å². The summed E-state index contributed by atoms with van der Waals surface area (Å²) in [5.74, 6) is -1.46. The van der Waals surface area contributed by atoms with E-state index in [9.17, 15) is 32.7 Å². The Morgan fingerprint density at radius 1 is 1.16 bits per heavy atom. The zero-order valence-corrected chi connectivity index (χ0v) is 17.0. The van der Waals surface area contributed by atoms with Crippen LogP contribution in [0.2, 0.25) is 0 Å². The Kier molecular flexibility index (Phi) is 5.57. The number of piperidine rings is 1. The van der Waals surface area contributed by atoms with E-state index >= 15 is 0 Å². The van der Waals surface area contributed by atoms with Crippen LogP contribution in [0, 0.1) is 0 Å².